The smallest absolute Gasteiger partial charge is 0.261 e. The fourth-order valence-corrected chi connectivity index (χ4v) is 4.22. The highest BCUT2D eigenvalue weighted by atomic mass is 32.2. The van der Waals surface area contributed by atoms with Crippen molar-refractivity contribution < 1.29 is 9.53 Å². The maximum atomic E-state index is 13.6. The van der Waals surface area contributed by atoms with Gasteiger partial charge in [-0.25, -0.2) is 9.97 Å². The van der Waals surface area contributed by atoms with Crippen molar-refractivity contribution in [3.8, 4) is 0 Å². The highest BCUT2D eigenvalue weighted by Crippen LogP contribution is 2.28. The number of amides is 1. The van der Waals surface area contributed by atoms with Crippen molar-refractivity contribution in [2.45, 2.75) is 58.4 Å². The lowest BCUT2D eigenvalue weighted by Gasteiger charge is -2.26. The molecule has 0 bridgehead atoms. The summed E-state index contributed by atoms with van der Waals surface area (Å²) in [6.07, 6.45) is 5.22. The number of ether oxygens (including phenoxy) is 1. The molecule has 0 aliphatic rings. The van der Waals surface area contributed by atoms with Crippen molar-refractivity contribution >= 4 is 23.4 Å². The minimum absolute atomic E-state index is 0.0354. The zero-order valence-corrected chi connectivity index (χ0v) is 23.3. The first-order valence-electron chi connectivity index (χ1n) is 12.7. The maximum absolute atomic E-state index is 13.6. The van der Waals surface area contributed by atoms with Crippen LogP contribution in [0.5, 0.6) is 0 Å². The first-order valence-corrected chi connectivity index (χ1v) is 13.9. The Morgan fingerprint density at radius 2 is 1.81 bits per heavy atom. The molecule has 1 aromatic heterocycles. The third-order valence-electron chi connectivity index (χ3n) is 5.61. The van der Waals surface area contributed by atoms with Gasteiger partial charge in [-0.2, -0.15) is 0 Å². The molecule has 6 nitrogen and oxygen atoms in total. The molecule has 1 N–H and O–H groups in total. The predicted octanol–water partition coefficient (Wildman–Crippen LogP) is 6.46. The van der Waals surface area contributed by atoms with Crippen molar-refractivity contribution in [2.24, 2.45) is 0 Å². The van der Waals surface area contributed by atoms with Gasteiger partial charge in [-0.15, -0.1) is 0 Å². The van der Waals surface area contributed by atoms with Gasteiger partial charge >= 0.3 is 0 Å². The van der Waals surface area contributed by atoms with Gasteiger partial charge in [0.2, 0.25) is 0 Å². The lowest BCUT2D eigenvalue weighted by Crippen LogP contribution is -2.33. The lowest BCUT2D eigenvalue weighted by molar-refractivity contribution is 0.0346. The van der Waals surface area contributed by atoms with Crippen molar-refractivity contribution in [1.82, 2.24) is 15.3 Å². The van der Waals surface area contributed by atoms with Gasteiger partial charge in [0.15, 0.2) is 5.16 Å². The van der Waals surface area contributed by atoms with Crippen molar-refractivity contribution in [3.63, 3.8) is 0 Å². The molecule has 0 spiro atoms. The number of rotatable bonds is 12. The first kappa shape index (κ1) is 29.5. The summed E-state index contributed by atoms with van der Waals surface area (Å²) in [6, 6.07) is 18.3. The van der Waals surface area contributed by atoms with Crippen LogP contribution in [0.1, 0.15) is 66.9 Å². The molecule has 3 aromatic rings. The monoisotopic (exact) mass is 508 g/mol. The zero-order valence-electron chi connectivity index (χ0n) is 22.5. The summed E-state index contributed by atoms with van der Waals surface area (Å²) < 4.78 is 6.42. The zero-order chi connectivity index (χ0) is 26.3. The van der Waals surface area contributed by atoms with Crippen LogP contribution in [0.3, 0.4) is 0 Å². The molecule has 3 rings (SSSR count). The Hall–Kier alpha value is -2.74. The highest BCUT2D eigenvalue weighted by molar-refractivity contribution is 7.98. The molecule has 0 saturated heterocycles. The van der Waals surface area contributed by atoms with Gasteiger partial charge in [0.1, 0.15) is 0 Å². The van der Waals surface area contributed by atoms with Gasteiger partial charge < -0.3 is 15.0 Å². The number of para-hydroxylation sites is 1. The Morgan fingerprint density at radius 3 is 2.44 bits per heavy atom. The number of hydrogen-bond donors (Lipinski definition) is 1. The van der Waals surface area contributed by atoms with Crippen LogP contribution in [0.4, 0.5) is 5.69 Å². The van der Waals surface area contributed by atoms with E-state index in [1.807, 2.05) is 81.4 Å². The Kier molecular flexibility index (Phi) is 13.2. The van der Waals surface area contributed by atoms with Crippen LogP contribution >= 0.6 is 11.8 Å². The minimum atomic E-state index is -0.0887. The van der Waals surface area contributed by atoms with Gasteiger partial charge in [-0.3, -0.25) is 4.79 Å². The van der Waals surface area contributed by atoms with Crippen LogP contribution in [-0.2, 0) is 11.3 Å². The summed E-state index contributed by atoms with van der Waals surface area (Å²) in [5.41, 5.74) is 4.21. The summed E-state index contributed by atoms with van der Waals surface area (Å²) in [6.45, 7) is 9.80. The molecule has 7 heteroatoms. The average molecular weight is 509 g/mol. The number of benzene rings is 2. The number of nitrogens with zero attached hydrogens (tertiary/aromatic N) is 3. The quantitative estimate of drug-likeness (QED) is 0.224. The van der Waals surface area contributed by atoms with Crippen molar-refractivity contribution in [2.75, 3.05) is 31.3 Å². The normalized spacial score (nSPS) is 11.4. The second kappa shape index (κ2) is 16.1. The molecule has 194 valence electrons. The van der Waals surface area contributed by atoms with E-state index in [4.69, 9.17) is 4.74 Å². The second-order valence-electron chi connectivity index (χ2n) is 8.04. The highest BCUT2D eigenvalue weighted by Gasteiger charge is 2.23. The molecule has 0 saturated carbocycles. The maximum Gasteiger partial charge on any atom is 0.261 e. The summed E-state index contributed by atoms with van der Waals surface area (Å²) >= 11 is 1.47. The number of anilines is 1. The van der Waals surface area contributed by atoms with Crippen LogP contribution in [-0.4, -0.2) is 42.3 Å². The molecule has 1 heterocycles. The van der Waals surface area contributed by atoms with Crippen LogP contribution in [0.15, 0.2) is 66.0 Å². The molecule has 0 aliphatic heterocycles. The van der Waals surface area contributed by atoms with Crippen LogP contribution < -0.4 is 10.2 Å². The number of carbonyl (C=O) groups excluding carboxylic acids is 1. The molecule has 1 amide bonds. The Labute approximate surface area is 220 Å². The van der Waals surface area contributed by atoms with E-state index in [1.54, 1.807) is 6.20 Å². The van der Waals surface area contributed by atoms with Gasteiger partial charge in [0.25, 0.3) is 5.91 Å². The van der Waals surface area contributed by atoms with Crippen LogP contribution in [0, 0.1) is 6.92 Å². The second-order valence-corrected chi connectivity index (χ2v) is 8.82. The van der Waals surface area contributed by atoms with Crippen LogP contribution in [0.25, 0.3) is 0 Å². The molecule has 0 radical (unpaired) electrons. The fraction of sp³-hybridized carbons (Fsp3) is 0.414. The van der Waals surface area contributed by atoms with Gasteiger partial charge in [0, 0.05) is 24.0 Å². The predicted molar refractivity (Wildman–Crippen MR) is 151 cm³/mol. The third kappa shape index (κ3) is 8.15. The minimum Gasteiger partial charge on any atom is -0.369 e. The molecule has 1 atom stereocenters. The van der Waals surface area contributed by atoms with E-state index < -0.39 is 0 Å². The first-order chi connectivity index (χ1) is 17.6. The Morgan fingerprint density at radius 1 is 1.11 bits per heavy atom. The average Bonchev–Trinajstić information content (AvgIpc) is 2.93. The fourth-order valence-electron chi connectivity index (χ4n) is 3.83. The van der Waals surface area contributed by atoms with E-state index >= 15 is 0 Å². The summed E-state index contributed by atoms with van der Waals surface area (Å²) in [7, 11) is 1.95. The largest absolute Gasteiger partial charge is 0.369 e. The number of carbonyl (C=O) groups is 1. The standard InChI is InChI=1S/C27H34N4O2S.C2H6/c1-5-17-31(26(32)23-18-29-27(34-4)30-20(23)2)24-14-10-9-13-22(24)19-33-25(15-16-28-3)21-11-7-6-8-12-21;1-2/h6-14,18,25,28H,5,15-17,19H2,1-4H3;1-2H3. The molecule has 2 aromatic carbocycles. The van der Waals surface area contributed by atoms with Gasteiger partial charge in [-0.05, 0) is 51.2 Å². The number of aryl methyl sites for hydroxylation is 1. The molecule has 1 unspecified atom stereocenters. The Balaban J connectivity index is 0.00000222. The lowest BCUT2D eigenvalue weighted by atomic mass is 10.1. The molecular weight excluding hydrogens is 468 g/mol. The molecule has 36 heavy (non-hydrogen) atoms. The van der Waals surface area contributed by atoms with Crippen molar-refractivity contribution in [3.05, 3.63) is 83.2 Å². The summed E-state index contributed by atoms with van der Waals surface area (Å²) in [4.78, 5) is 24.2. The summed E-state index contributed by atoms with van der Waals surface area (Å²) in [5, 5.41) is 3.88. The third-order valence-corrected chi connectivity index (χ3v) is 6.17. The topological polar surface area (TPSA) is 67.4 Å². The Bertz CT molecular complexity index is 1060. The van der Waals surface area contributed by atoms with Gasteiger partial charge in [-0.1, -0.05) is 81.1 Å². The van der Waals surface area contributed by atoms with E-state index in [2.05, 4.69) is 34.3 Å². The van der Waals surface area contributed by atoms with E-state index in [-0.39, 0.29) is 12.0 Å². The number of nitrogens with one attached hydrogen (secondary N) is 1. The molecule has 0 fully saturated rings. The van der Waals surface area contributed by atoms with E-state index in [0.717, 1.165) is 36.2 Å². The molecule has 0 aliphatic carbocycles. The van der Waals surface area contributed by atoms with Crippen molar-refractivity contribution in [1.29, 1.82) is 0 Å². The van der Waals surface area contributed by atoms with E-state index in [0.29, 0.717) is 29.6 Å². The summed E-state index contributed by atoms with van der Waals surface area (Å²) in [5.74, 6) is -0.0887. The van der Waals surface area contributed by atoms with E-state index in [1.165, 1.54) is 11.8 Å². The molecular formula is C29H40N4O2S. The number of thioether (sulfide) groups is 1. The number of aromatic nitrogens is 2. The van der Waals surface area contributed by atoms with Gasteiger partial charge in [0.05, 0.1) is 24.0 Å². The van der Waals surface area contributed by atoms with E-state index in [9.17, 15) is 4.79 Å². The van der Waals surface area contributed by atoms with Crippen LogP contribution in [0.2, 0.25) is 0 Å². The SMILES string of the molecule is CC.CCCN(C(=O)c1cnc(SC)nc1C)c1ccccc1COC(CCNC)c1ccccc1. The number of hydrogen-bond acceptors (Lipinski definition) is 6.